The summed E-state index contributed by atoms with van der Waals surface area (Å²) in [7, 11) is 1.54. The molecule has 0 saturated carbocycles. The summed E-state index contributed by atoms with van der Waals surface area (Å²) in [4.78, 5) is 5.80. The van der Waals surface area contributed by atoms with E-state index in [1.54, 1.807) is 17.4 Å². The van der Waals surface area contributed by atoms with Crippen LogP contribution in [0.1, 0.15) is 30.3 Å². The van der Waals surface area contributed by atoms with Crippen molar-refractivity contribution in [2.24, 2.45) is 4.99 Å². The highest BCUT2D eigenvalue weighted by Gasteiger charge is 2.10. The highest BCUT2D eigenvalue weighted by Crippen LogP contribution is 2.29. The van der Waals surface area contributed by atoms with Gasteiger partial charge in [0.2, 0.25) is 0 Å². The smallest absolute Gasteiger partial charge is 0.192 e. The Labute approximate surface area is 141 Å². The Bertz CT molecular complexity index is 641. The standard InChI is InChI=1S/C17H23N3O2S/c1-4-18-17(20-12(2)15-9-6-10-23-15)19-11-13-7-5-8-14(22-3)16(13)21/h5-10,12,21H,4,11H2,1-3H3,(H2,18,19,20). The fourth-order valence-electron chi connectivity index (χ4n) is 2.16. The van der Waals surface area contributed by atoms with Crippen molar-refractivity contribution in [1.29, 1.82) is 0 Å². The fraction of sp³-hybridized carbons (Fsp3) is 0.353. The molecule has 5 nitrogen and oxygen atoms in total. The number of benzene rings is 1. The van der Waals surface area contributed by atoms with Crippen molar-refractivity contribution in [3.63, 3.8) is 0 Å². The molecule has 1 aromatic heterocycles. The predicted molar refractivity (Wildman–Crippen MR) is 95.3 cm³/mol. The number of nitrogens with one attached hydrogen (secondary N) is 2. The average molecular weight is 333 g/mol. The van der Waals surface area contributed by atoms with Crippen molar-refractivity contribution in [2.75, 3.05) is 13.7 Å². The van der Waals surface area contributed by atoms with E-state index in [1.807, 2.05) is 25.1 Å². The molecule has 0 aliphatic carbocycles. The van der Waals surface area contributed by atoms with Gasteiger partial charge in [-0.1, -0.05) is 18.2 Å². The lowest BCUT2D eigenvalue weighted by Crippen LogP contribution is -2.38. The number of aliphatic imine (C=N–C) groups is 1. The van der Waals surface area contributed by atoms with Crippen LogP contribution in [0.5, 0.6) is 11.5 Å². The molecular formula is C17H23N3O2S. The number of guanidine groups is 1. The molecule has 0 bridgehead atoms. The molecule has 3 N–H and O–H groups in total. The van der Waals surface area contributed by atoms with Gasteiger partial charge >= 0.3 is 0 Å². The third-order valence-electron chi connectivity index (χ3n) is 3.38. The maximum absolute atomic E-state index is 10.1. The summed E-state index contributed by atoms with van der Waals surface area (Å²) in [6.07, 6.45) is 0. The van der Waals surface area contributed by atoms with Crippen LogP contribution in [0.2, 0.25) is 0 Å². The molecule has 0 fully saturated rings. The minimum absolute atomic E-state index is 0.140. The number of hydrogen-bond donors (Lipinski definition) is 3. The summed E-state index contributed by atoms with van der Waals surface area (Å²) in [5.74, 6) is 1.32. The maximum Gasteiger partial charge on any atom is 0.192 e. The van der Waals surface area contributed by atoms with Gasteiger partial charge in [0.1, 0.15) is 0 Å². The van der Waals surface area contributed by atoms with Gasteiger partial charge in [0, 0.05) is 17.0 Å². The van der Waals surface area contributed by atoms with Crippen LogP contribution in [0.15, 0.2) is 40.7 Å². The van der Waals surface area contributed by atoms with E-state index in [-0.39, 0.29) is 11.8 Å². The van der Waals surface area contributed by atoms with Gasteiger partial charge in [-0.2, -0.15) is 0 Å². The Kier molecular flexibility index (Phi) is 6.29. The number of phenols is 1. The molecule has 1 heterocycles. The first kappa shape index (κ1) is 17.1. The second kappa shape index (κ2) is 8.43. The van der Waals surface area contributed by atoms with E-state index in [0.29, 0.717) is 12.3 Å². The van der Waals surface area contributed by atoms with Crippen LogP contribution < -0.4 is 15.4 Å². The molecule has 0 spiro atoms. The van der Waals surface area contributed by atoms with Crippen molar-refractivity contribution < 1.29 is 9.84 Å². The number of aromatic hydroxyl groups is 1. The number of hydrogen-bond acceptors (Lipinski definition) is 4. The van der Waals surface area contributed by atoms with Gasteiger partial charge in [-0.15, -0.1) is 11.3 Å². The van der Waals surface area contributed by atoms with E-state index in [4.69, 9.17) is 4.74 Å². The van der Waals surface area contributed by atoms with Crippen LogP contribution in [0.3, 0.4) is 0 Å². The largest absolute Gasteiger partial charge is 0.504 e. The van der Waals surface area contributed by atoms with Crippen LogP contribution in [-0.2, 0) is 6.54 Å². The molecule has 6 heteroatoms. The summed E-state index contributed by atoms with van der Waals surface area (Å²) < 4.78 is 5.13. The average Bonchev–Trinajstić information content (AvgIpc) is 3.08. The summed E-state index contributed by atoms with van der Waals surface area (Å²) in [6.45, 7) is 5.26. The lowest BCUT2D eigenvalue weighted by atomic mass is 10.2. The van der Waals surface area contributed by atoms with Gasteiger partial charge in [0.15, 0.2) is 17.5 Å². The van der Waals surface area contributed by atoms with Crippen molar-refractivity contribution in [3.8, 4) is 11.5 Å². The fourth-order valence-corrected chi connectivity index (χ4v) is 2.89. The highest BCUT2D eigenvalue weighted by molar-refractivity contribution is 7.10. The molecule has 124 valence electrons. The first-order chi connectivity index (χ1) is 11.2. The molecule has 0 aliphatic heterocycles. The molecule has 1 aromatic carbocycles. The predicted octanol–water partition coefficient (Wildman–Crippen LogP) is 3.28. The van der Waals surface area contributed by atoms with Gasteiger partial charge in [0.25, 0.3) is 0 Å². The molecule has 0 aliphatic rings. The summed E-state index contributed by atoms with van der Waals surface area (Å²) in [6, 6.07) is 9.72. The first-order valence-corrected chi connectivity index (χ1v) is 8.46. The van der Waals surface area contributed by atoms with Crippen LogP contribution in [-0.4, -0.2) is 24.7 Å². The summed E-state index contributed by atoms with van der Waals surface area (Å²) >= 11 is 1.71. The Balaban J connectivity index is 2.09. The second-order valence-corrected chi connectivity index (χ2v) is 6.02. The lowest BCUT2D eigenvalue weighted by molar-refractivity contribution is 0.370. The zero-order valence-corrected chi connectivity index (χ0v) is 14.5. The Morgan fingerprint density at radius 1 is 1.35 bits per heavy atom. The monoisotopic (exact) mass is 333 g/mol. The van der Waals surface area contributed by atoms with Crippen molar-refractivity contribution in [1.82, 2.24) is 10.6 Å². The number of para-hydroxylation sites is 1. The Morgan fingerprint density at radius 3 is 2.83 bits per heavy atom. The van der Waals surface area contributed by atoms with E-state index in [9.17, 15) is 5.11 Å². The SMILES string of the molecule is CCNC(=NCc1cccc(OC)c1O)NC(C)c1cccs1. The minimum Gasteiger partial charge on any atom is -0.504 e. The van der Waals surface area contributed by atoms with E-state index in [1.165, 1.54) is 12.0 Å². The zero-order valence-electron chi connectivity index (χ0n) is 13.7. The molecule has 0 radical (unpaired) electrons. The molecular weight excluding hydrogens is 310 g/mol. The Hall–Kier alpha value is -2.21. The number of thiophene rings is 1. The molecule has 0 amide bonds. The topological polar surface area (TPSA) is 65.9 Å². The normalized spacial score (nSPS) is 12.7. The molecule has 1 atom stereocenters. The van der Waals surface area contributed by atoms with E-state index in [2.05, 4.69) is 34.0 Å². The third-order valence-corrected chi connectivity index (χ3v) is 4.43. The van der Waals surface area contributed by atoms with Crippen LogP contribution in [0.25, 0.3) is 0 Å². The zero-order chi connectivity index (χ0) is 16.7. The van der Waals surface area contributed by atoms with Crippen LogP contribution in [0.4, 0.5) is 0 Å². The number of nitrogens with zero attached hydrogens (tertiary/aromatic N) is 1. The van der Waals surface area contributed by atoms with Gasteiger partial charge in [-0.3, -0.25) is 0 Å². The summed E-state index contributed by atoms with van der Waals surface area (Å²) in [5, 5.41) is 18.8. The maximum atomic E-state index is 10.1. The quantitative estimate of drug-likeness (QED) is 0.561. The molecule has 0 saturated heterocycles. The van der Waals surface area contributed by atoms with Crippen LogP contribution in [0, 0.1) is 0 Å². The highest BCUT2D eigenvalue weighted by atomic mass is 32.1. The minimum atomic E-state index is 0.140. The molecule has 1 unspecified atom stereocenters. The van der Waals surface area contributed by atoms with E-state index < -0.39 is 0 Å². The number of phenolic OH excluding ortho intramolecular Hbond substituents is 1. The van der Waals surface area contributed by atoms with Crippen molar-refractivity contribution >= 4 is 17.3 Å². The first-order valence-electron chi connectivity index (χ1n) is 7.58. The van der Waals surface area contributed by atoms with Crippen molar-refractivity contribution in [3.05, 3.63) is 46.2 Å². The van der Waals surface area contributed by atoms with E-state index >= 15 is 0 Å². The van der Waals surface area contributed by atoms with Crippen molar-refractivity contribution in [2.45, 2.75) is 26.4 Å². The van der Waals surface area contributed by atoms with Gasteiger partial charge in [-0.05, 0) is 31.4 Å². The number of rotatable bonds is 6. The number of methoxy groups -OCH3 is 1. The van der Waals surface area contributed by atoms with E-state index in [0.717, 1.165) is 18.1 Å². The second-order valence-electron chi connectivity index (χ2n) is 5.04. The van der Waals surface area contributed by atoms with Gasteiger partial charge in [0.05, 0.1) is 19.7 Å². The molecule has 2 aromatic rings. The molecule has 2 rings (SSSR count). The lowest BCUT2D eigenvalue weighted by Gasteiger charge is -2.17. The summed E-state index contributed by atoms with van der Waals surface area (Å²) in [5.41, 5.74) is 0.727. The van der Waals surface area contributed by atoms with Gasteiger partial charge in [-0.25, -0.2) is 4.99 Å². The third kappa shape index (κ3) is 4.63. The van der Waals surface area contributed by atoms with Gasteiger partial charge < -0.3 is 20.5 Å². The number of ether oxygens (including phenoxy) is 1. The molecule has 23 heavy (non-hydrogen) atoms. The Morgan fingerprint density at radius 2 is 2.17 bits per heavy atom. The van der Waals surface area contributed by atoms with Crippen LogP contribution >= 0.6 is 11.3 Å².